The zero-order valence-corrected chi connectivity index (χ0v) is 11.3. The van der Waals surface area contributed by atoms with Crippen molar-refractivity contribution < 1.29 is 24.4 Å². The molecule has 0 radical (unpaired) electrons. The molecule has 1 unspecified atom stereocenters. The second-order valence-corrected chi connectivity index (χ2v) is 4.49. The number of nitrogens with zero attached hydrogens (tertiary/aromatic N) is 1. The molecule has 0 saturated heterocycles. The summed E-state index contributed by atoms with van der Waals surface area (Å²) in [6.45, 7) is 1.26. The number of carboxylic acid groups (broad SMARTS) is 1. The molecule has 0 aromatic heterocycles. The van der Waals surface area contributed by atoms with E-state index in [1.54, 1.807) is 22.6 Å². The first-order valence-corrected chi connectivity index (χ1v) is 5.77. The van der Waals surface area contributed by atoms with Crippen LogP contribution in [0, 0.1) is 13.7 Å². The van der Waals surface area contributed by atoms with Gasteiger partial charge in [-0.05, 0) is 35.6 Å². The predicted molar refractivity (Wildman–Crippen MR) is 68.9 cm³/mol. The van der Waals surface area contributed by atoms with E-state index in [2.05, 4.69) is 0 Å². The summed E-state index contributed by atoms with van der Waals surface area (Å²) in [5.74, 6) is -1.39. The van der Waals surface area contributed by atoms with Crippen LogP contribution in [0.1, 0.15) is 17.3 Å². The summed E-state index contributed by atoms with van der Waals surface area (Å²) in [5.41, 5.74) is -0.307. The molecule has 0 bridgehead atoms. The minimum atomic E-state index is -1.24. The molecule has 0 aliphatic carbocycles. The van der Waals surface area contributed by atoms with Crippen molar-refractivity contribution in [3.05, 3.63) is 31.4 Å². The Morgan fingerprint density at radius 1 is 1.61 bits per heavy atom. The average molecular weight is 365 g/mol. The average Bonchev–Trinajstić information content (AvgIpc) is 2.30. The van der Waals surface area contributed by atoms with E-state index in [4.69, 9.17) is 9.84 Å². The largest absolute Gasteiger partial charge is 0.479 e. The number of ether oxygens (including phenoxy) is 1. The molecule has 8 heteroatoms. The smallest absolute Gasteiger partial charge is 0.344 e. The first-order chi connectivity index (χ1) is 8.36. The van der Waals surface area contributed by atoms with Crippen LogP contribution in [0.5, 0.6) is 5.75 Å². The standard InChI is InChI=1S/C10H8INO6/c1-5(10(14)15)18-9-7(11)2-6(4-13)3-8(9)12(16)17/h2-5H,1H3,(H,14,15). The van der Waals surface area contributed by atoms with Crippen LogP contribution >= 0.6 is 22.6 Å². The van der Waals surface area contributed by atoms with Crippen molar-refractivity contribution in [3.8, 4) is 5.75 Å². The third-order valence-corrected chi connectivity index (χ3v) is 2.82. The van der Waals surface area contributed by atoms with Crippen molar-refractivity contribution >= 4 is 40.5 Å². The van der Waals surface area contributed by atoms with Crippen LogP contribution in [-0.2, 0) is 4.79 Å². The monoisotopic (exact) mass is 365 g/mol. The van der Waals surface area contributed by atoms with Gasteiger partial charge in [0.2, 0.25) is 5.75 Å². The molecule has 18 heavy (non-hydrogen) atoms. The number of aldehydes is 1. The predicted octanol–water partition coefficient (Wildman–Crippen LogP) is 1.86. The molecule has 1 rings (SSSR count). The second kappa shape index (κ2) is 5.76. The van der Waals surface area contributed by atoms with Crippen molar-refractivity contribution in [2.24, 2.45) is 0 Å². The fourth-order valence-corrected chi connectivity index (χ4v) is 1.91. The summed E-state index contributed by atoms with van der Waals surface area (Å²) in [5, 5.41) is 19.6. The summed E-state index contributed by atoms with van der Waals surface area (Å²) < 4.78 is 5.34. The first-order valence-electron chi connectivity index (χ1n) is 4.69. The van der Waals surface area contributed by atoms with Gasteiger partial charge in [0, 0.05) is 11.6 Å². The van der Waals surface area contributed by atoms with Crippen LogP contribution in [0.4, 0.5) is 5.69 Å². The summed E-state index contributed by atoms with van der Waals surface area (Å²) in [6, 6.07) is 2.42. The van der Waals surface area contributed by atoms with Gasteiger partial charge in [-0.2, -0.15) is 0 Å². The Morgan fingerprint density at radius 3 is 2.67 bits per heavy atom. The molecule has 1 atom stereocenters. The molecule has 0 saturated carbocycles. The highest BCUT2D eigenvalue weighted by Crippen LogP contribution is 2.34. The zero-order chi connectivity index (χ0) is 13.9. The van der Waals surface area contributed by atoms with E-state index < -0.39 is 22.7 Å². The molecule has 1 aromatic carbocycles. The van der Waals surface area contributed by atoms with Crippen LogP contribution in [0.3, 0.4) is 0 Å². The van der Waals surface area contributed by atoms with Gasteiger partial charge in [-0.1, -0.05) is 0 Å². The lowest BCUT2D eigenvalue weighted by molar-refractivity contribution is -0.386. The molecular weight excluding hydrogens is 357 g/mol. The number of nitro groups is 1. The highest BCUT2D eigenvalue weighted by molar-refractivity contribution is 14.1. The number of halogens is 1. The van der Waals surface area contributed by atoms with E-state index in [0.29, 0.717) is 9.86 Å². The highest BCUT2D eigenvalue weighted by atomic mass is 127. The number of benzene rings is 1. The maximum absolute atomic E-state index is 10.9. The molecule has 0 aliphatic rings. The molecule has 1 N–H and O–H groups in total. The first kappa shape index (κ1) is 14.4. The van der Waals surface area contributed by atoms with Crippen LogP contribution in [0.25, 0.3) is 0 Å². The van der Waals surface area contributed by atoms with Gasteiger partial charge in [0.15, 0.2) is 6.10 Å². The highest BCUT2D eigenvalue weighted by Gasteiger charge is 2.24. The van der Waals surface area contributed by atoms with Crippen LogP contribution in [0.15, 0.2) is 12.1 Å². The van der Waals surface area contributed by atoms with Crippen LogP contribution in [-0.4, -0.2) is 28.4 Å². The van der Waals surface area contributed by atoms with Gasteiger partial charge < -0.3 is 9.84 Å². The minimum Gasteiger partial charge on any atom is -0.479 e. The Bertz CT molecular complexity index is 515. The van der Waals surface area contributed by atoms with Crippen LogP contribution in [0.2, 0.25) is 0 Å². The van der Waals surface area contributed by atoms with Gasteiger partial charge in [-0.3, -0.25) is 14.9 Å². The molecular formula is C10H8INO6. The van der Waals surface area contributed by atoms with Crippen molar-refractivity contribution in [1.82, 2.24) is 0 Å². The minimum absolute atomic E-state index is 0.126. The number of hydrogen-bond acceptors (Lipinski definition) is 5. The fraction of sp³-hybridized carbons (Fsp3) is 0.200. The lowest BCUT2D eigenvalue weighted by atomic mass is 10.2. The van der Waals surface area contributed by atoms with Gasteiger partial charge in [-0.15, -0.1) is 0 Å². The number of aliphatic carboxylic acids is 1. The van der Waals surface area contributed by atoms with Gasteiger partial charge in [0.05, 0.1) is 8.49 Å². The summed E-state index contributed by atoms with van der Waals surface area (Å²) in [6.07, 6.45) is -0.751. The number of hydrogen-bond donors (Lipinski definition) is 1. The van der Waals surface area contributed by atoms with Gasteiger partial charge in [0.1, 0.15) is 6.29 Å². The number of rotatable bonds is 5. The molecule has 7 nitrogen and oxygen atoms in total. The number of carboxylic acids is 1. The molecule has 1 aromatic rings. The summed E-state index contributed by atoms with van der Waals surface area (Å²) in [7, 11) is 0. The number of carbonyl (C=O) groups is 2. The van der Waals surface area contributed by atoms with Crippen LogP contribution < -0.4 is 4.74 Å². The van der Waals surface area contributed by atoms with Gasteiger partial charge in [-0.25, -0.2) is 4.79 Å². The quantitative estimate of drug-likeness (QED) is 0.370. The van der Waals surface area contributed by atoms with E-state index in [1.165, 1.54) is 13.0 Å². The van der Waals surface area contributed by atoms with E-state index in [9.17, 15) is 19.7 Å². The Labute approximate surface area is 115 Å². The summed E-state index contributed by atoms with van der Waals surface area (Å²) in [4.78, 5) is 31.4. The molecule has 0 heterocycles. The van der Waals surface area contributed by atoms with E-state index >= 15 is 0 Å². The molecule has 0 fully saturated rings. The SMILES string of the molecule is CC(Oc1c(I)cc(C=O)cc1[N+](=O)[O-])C(=O)O. The molecule has 0 amide bonds. The lowest BCUT2D eigenvalue weighted by Crippen LogP contribution is -2.23. The Morgan fingerprint density at radius 2 is 2.22 bits per heavy atom. The van der Waals surface area contributed by atoms with Crippen molar-refractivity contribution in [2.75, 3.05) is 0 Å². The molecule has 0 spiro atoms. The third-order valence-electron chi connectivity index (χ3n) is 2.02. The van der Waals surface area contributed by atoms with Gasteiger partial charge in [0.25, 0.3) is 0 Å². The lowest BCUT2D eigenvalue weighted by Gasteiger charge is -2.12. The number of carbonyl (C=O) groups excluding carboxylic acids is 1. The van der Waals surface area contributed by atoms with Gasteiger partial charge >= 0.3 is 11.7 Å². The van der Waals surface area contributed by atoms with Crippen molar-refractivity contribution in [3.63, 3.8) is 0 Å². The maximum Gasteiger partial charge on any atom is 0.344 e. The maximum atomic E-state index is 10.9. The third kappa shape index (κ3) is 3.15. The normalized spacial score (nSPS) is 11.7. The summed E-state index contributed by atoms with van der Waals surface area (Å²) >= 11 is 1.74. The topological polar surface area (TPSA) is 107 Å². The van der Waals surface area contributed by atoms with E-state index in [1.807, 2.05) is 0 Å². The Balaban J connectivity index is 3.28. The second-order valence-electron chi connectivity index (χ2n) is 3.32. The molecule has 96 valence electrons. The zero-order valence-electron chi connectivity index (χ0n) is 9.12. The van der Waals surface area contributed by atoms with E-state index in [0.717, 1.165) is 6.07 Å². The number of nitro benzene ring substituents is 1. The molecule has 0 aliphatic heterocycles. The Kier molecular flexibility index (Phi) is 4.59. The van der Waals surface area contributed by atoms with E-state index in [-0.39, 0.29) is 11.3 Å². The Hall–Kier alpha value is -1.71. The van der Waals surface area contributed by atoms with Crippen molar-refractivity contribution in [1.29, 1.82) is 0 Å². The fourth-order valence-electron chi connectivity index (χ4n) is 1.15. The van der Waals surface area contributed by atoms with Crippen molar-refractivity contribution in [2.45, 2.75) is 13.0 Å².